The predicted molar refractivity (Wildman–Crippen MR) is 69.3 cm³/mol. The lowest BCUT2D eigenvalue weighted by molar-refractivity contribution is -0.118. The molecule has 1 aromatic heterocycles. The maximum atomic E-state index is 12.0. The number of aromatic nitrogens is 1. The monoisotopic (exact) mass is 266 g/mol. The molecule has 0 saturated carbocycles. The Morgan fingerprint density at radius 3 is 2.16 bits per heavy atom. The SMILES string of the molecule is Cc1c(C(=O)O)cc(C(=O)C(=O)NC(C)(C)C)n1C. The summed E-state index contributed by atoms with van der Waals surface area (Å²) in [6.45, 7) is 6.87. The molecule has 0 atom stereocenters. The molecule has 0 aromatic carbocycles. The van der Waals surface area contributed by atoms with Crippen LogP contribution in [0.25, 0.3) is 0 Å². The van der Waals surface area contributed by atoms with Crippen molar-refractivity contribution in [3.05, 3.63) is 23.0 Å². The van der Waals surface area contributed by atoms with E-state index in [1.165, 1.54) is 10.6 Å². The summed E-state index contributed by atoms with van der Waals surface area (Å²) in [4.78, 5) is 34.8. The maximum Gasteiger partial charge on any atom is 0.337 e. The molecule has 0 fully saturated rings. The molecule has 0 saturated heterocycles. The number of hydrogen-bond donors (Lipinski definition) is 2. The summed E-state index contributed by atoms with van der Waals surface area (Å²) in [5.74, 6) is -2.61. The van der Waals surface area contributed by atoms with Gasteiger partial charge < -0.3 is 15.0 Å². The zero-order valence-corrected chi connectivity index (χ0v) is 11.7. The van der Waals surface area contributed by atoms with E-state index in [1.54, 1.807) is 34.7 Å². The number of carboxylic acids is 1. The number of hydrogen-bond acceptors (Lipinski definition) is 3. The van der Waals surface area contributed by atoms with Crippen molar-refractivity contribution in [3.63, 3.8) is 0 Å². The van der Waals surface area contributed by atoms with Gasteiger partial charge in [0, 0.05) is 18.3 Å². The first-order valence-electron chi connectivity index (χ1n) is 5.81. The summed E-state index contributed by atoms with van der Waals surface area (Å²) < 4.78 is 1.41. The van der Waals surface area contributed by atoms with Gasteiger partial charge in [0.25, 0.3) is 11.7 Å². The van der Waals surface area contributed by atoms with Gasteiger partial charge in [0.05, 0.1) is 11.3 Å². The Kier molecular flexibility index (Phi) is 3.83. The molecule has 19 heavy (non-hydrogen) atoms. The summed E-state index contributed by atoms with van der Waals surface area (Å²) in [5, 5.41) is 11.5. The molecule has 1 heterocycles. The predicted octanol–water partition coefficient (Wildman–Crippen LogP) is 1.13. The standard InChI is InChI=1S/C13H18N2O4/c1-7-8(12(18)19)6-9(15(7)5)10(16)11(17)14-13(2,3)4/h6H,1-5H3,(H,14,17)(H,18,19). The average Bonchev–Trinajstić information content (AvgIpc) is 2.53. The van der Waals surface area contributed by atoms with Crippen LogP contribution in [0.1, 0.15) is 47.3 Å². The first-order valence-corrected chi connectivity index (χ1v) is 5.81. The Labute approximate surface area is 111 Å². The van der Waals surface area contributed by atoms with Crippen molar-refractivity contribution in [2.24, 2.45) is 7.05 Å². The number of carbonyl (C=O) groups is 3. The third-order valence-corrected chi connectivity index (χ3v) is 2.69. The second-order valence-corrected chi connectivity index (χ2v) is 5.43. The third kappa shape index (κ3) is 3.21. The van der Waals surface area contributed by atoms with E-state index < -0.39 is 23.2 Å². The summed E-state index contributed by atoms with van der Waals surface area (Å²) in [7, 11) is 1.55. The molecular formula is C13H18N2O4. The molecule has 0 aliphatic rings. The molecule has 6 nitrogen and oxygen atoms in total. The van der Waals surface area contributed by atoms with Crippen molar-refractivity contribution in [3.8, 4) is 0 Å². The van der Waals surface area contributed by atoms with Gasteiger partial charge in [-0.05, 0) is 33.8 Å². The Balaban J connectivity index is 3.11. The number of nitrogens with zero attached hydrogens (tertiary/aromatic N) is 1. The van der Waals surface area contributed by atoms with Gasteiger partial charge in [0.1, 0.15) is 0 Å². The van der Waals surface area contributed by atoms with E-state index in [4.69, 9.17) is 5.11 Å². The van der Waals surface area contributed by atoms with Crippen molar-refractivity contribution in [2.75, 3.05) is 0 Å². The minimum absolute atomic E-state index is 0.0226. The quantitative estimate of drug-likeness (QED) is 0.634. The first kappa shape index (κ1) is 14.9. The van der Waals surface area contributed by atoms with E-state index in [-0.39, 0.29) is 11.3 Å². The molecule has 0 unspecified atom stereocenters. The smallest absolute Gasteiger partial charge is 0.337 e. The van der Waals surface area contributed by atoms with Crippen LogP contribution in [0.5, 0.6) is 0 Å². The summed E-state index contributed by atoms with van der Waals surface area (Å²) >= 11 is 0. The molecule has 0 bridgehead atoms. The van der Waals surface area contributed by atoms with Gasteiger partial charge in [-0.1, -0.05) is 0 Å². The molecular weight excluding hydrogens is 248 g/mol. The van der Waals surface area contributed by atoms with E-state index in [0.717, 1.165) is 0 Å². The fourth-order valence-corrected chi connectivity index (χ4v) is 1.65. The molecule has 0 aliphatic carbocycles. The third-order valence-electron chi connectivity index (χ3n) is 2.69. The highest BCUT2D eigenvalue weighted by molar-refractivity contribution is 6.42. The second kappa shape index (κ2) is 4.87. The van der Waals surface area contributed by atoms with E-state index >= 15 is 0 Å². The lowest BCUT2D eigenvalue weighted by atomic mass is 10.1. The highest BCUT2D eigenvalue weighted by Gasteiger charge is 2.26. The van der Waals surface area contributed by atoms with Crippen molar-refractivity contribution >= 4 is 17.7 Å². The van der Waals surface area contributed by atoms with Gasteiger partial charge in [-0.15, -0.1) is 0 Å². The van der Waals surface area contributed by atoms with Crippen LogP contribution in [0.3, 0.4) is 0 Å². The van der Waals surface area contributed by atoms with Crippen LogP contribution < -0.4 is 5.32 Å². The number of Topliss-reactive ketones (excluding diaryl/α,β-unsaturated/α-hetero) is 1. The van der Waals surface area contributed by atoms with E-state index in [1.807, 2.05) is 0 Å². The highest BCUT2D eigenvalue weighted by atomic mass is 16.4. The molecule has 104 valence electrons. The van der Waals surface area contributed by atoms with Crippen molar-refractivity contribution in [2.45, 2.75) is 33.2 Å². The van der Waals surface area contributed by atoms with Gasteiger partial charge in [-0.25, -0.2) is 4.79 Å². The Morgan fingerprint density at radius 2 is 1.79 bits per heavy atom. The lowest BCUT2D eigenvalue weighted by Gasteiger charge is -2.19. The number of amides is 1. The Bertz CT molecular complexity index is 550. The fourth-order valence-electron chi connectivity index (χ4n) is 1.65. The molecule has 1 rings (SSSR count). The van der Waals surface area contributed by atoms with Crippen LogP contribution in [0, 0.1) is 6.92 Å². The summed E-state index contributed by atoms with van der Waals surface area (Å²) in [6.07, 6.45) is 0. The molecule has 0 spiro atoms. The number of ketones is 1. The van der Waals surface area contributed by atoms with Crippen molar-refractivity contribution in [1.82, 2.24) is 9.88 Å². The number of aromatic carboxylic acids is 1. The average molecular weight is 266 g/mol. The van der Waals surface area contributed by atoms with Crippen molar-refractivity contribution in [1.29, 1.82) is 0 Å². The number of carbonyl (C=O) groups excluding carboxylic acids is 2. The second-order valence-electron chi connectivity index (χ2n) is 5.43. The van der Waals surface area contributed by atoms with Gasteiger partial charge in [0.2, 0.25) is 0 Å². The van der Waals surface area contributed by atoms with Gasteiger partial charge in [0.15, 0.2) is 0 Å². The zero-order valence-electron chi connectivity index (χ0n) is 11.7. The van der Waals surface area contributed by atoms with Crippen LogP contribution in [0.2, 0.25) is 0 Å². The van der Waals surface area contributed by atoms with Gasteiger partial charge >= 0.3 is 5.97 Å². The minimum atomic E-state index is -1.12. The van der Waals surface area contributed by atoms with Gasteiger partial charge in [-0.2, -0.15) is 0 Å². The van der Waals surface area contributed by atoms with E-state index in [2.05, 4.69) is 5.32 Å². The normalized spacial score (nSPS) is 11.2. The van der Waals surface area contributed by atoms with Crippen LogP contribution in [0.4, 0.5) is 0 Å². The summed E-state index contributed by atoms with van der Waals surface area (Å²) in [5.41, 5.74) is -0.00627. The Morgan fingerprint density at radius 1 is 1.26 bits per heavy atom. The van der Waals surface area contributed by atoms with E-state index in [9.17, 15) is 14.4 Å². The molecule has 1 aromatic rings. The molecule has 0 aliphatic heterocycles. The van der Waals surface area contributed by atoms with E-state index in [0.29, 0.717) is 5.69 Å². The van der Waals surface area contributed by atoms with Crippen LogP contribution in [0.15, 0.2) is 6.07 Å². The molecule has 6 heteroatoms. The number of rotatable bonds is 3. The summed E-state index contributed by atoms with van der Waals surface area (Å²) in [6, 6.07) is 1.22. The Hall–Kier alpha value is -2.11. The first-order chi connectivity index (χ1) is 8.54. The molecule has 2 N–H and O–H groups in total. The number of carboxylic acid groups (broad SMARTS) is 1. The van der Waals surface area contributed by atoms with Crippen molar-refractivity contribution < 1.29 is 19.5 Å². The largest absolute Gasteiger partial charge is 0.478 e. The minimum Gasteiger partial charge on any atom is -0.478 e. The van der Waals surface area contributed by atoms with Crippen LogP contribution >= 0.6 is 0 Å². The highest BCUT2D eigenvalue weighted by Crippen LogP contribution is 2.15. The van der Waals surface area contributed by atoms with Crippen LogP contribution in [-0.4, -0.2) is 32.9 Å². The fraction of sp³-hybridized carbons (Fsp3) is 0.462. The molecule has 1 amide bonds. The lowest BCUT2D eigenvalue weighted by Crippen LogP contribution is -2.44. The van der Waals surface area contributed by atoms with Gasteiger partial charge in [-0.3, -0.25) is 9.59 Å². The maximum absolute atomic E-state index is 12.0. The molecule has 0 radical (unpaired) electrons. The zero-order chi connectivity index (χ0) is 15.0. The number of nitrogens with one attached hydrogen (secondary N) is 1. The van der Waals surface area contributed by atoms with Crippen LogP contribution in [-0.2, 0) is 11.8 Å². The topological polar surface area (TPSA) is 88.4 Å².